The van der Waals surface area contributed by atoms with Crippen LogP contribution in [0.25, 0.3) is 0 Å². The van der Waals surface area contributed by atoms with Gasteiger partial charge in [0.2, 0.25) is 11.8 Å². The lowest BCUT2D eigenvalue weighted by Crippen LogP contribution is -2.48. The van der Waals surface area contributed by atoms with E-state index >= 15 is 0 Å². The predicted molar refractivity (Wildman–Crippen MR) is 78.7 cm³/mol. The van der Waals surface area contributed by atoms with Crippen molar-refractivity contribution in [1.29, 1.82) is 0 Å². The fourth-order valence-electron chi connectivity index (χ4n) is 2.34. The third kappa shape index (κ3) is 5.36. The molecule has 2 amide bonds. The van der Waals surface area contributed by atoms with E-state index in [1.54, 1.807) is 0 Å². The lowest BCUT2D eigenvalue weighted by Gasteiger charge is -2.33. The van der Waals surface area contributed by atoms with Crippen molar-refractivity contribution in [2.75, 3.05) is 13.1 Å². The van der Waals surface area contributed by atoms with Gasteiger partial charge in [-0.15, -0.1) is 0 Å². The zero-order valence-corrected chi connectivity index (χ0v) is 13.1. The summed E-state index contributed by atoms with van der Waals surface area (Å²) in [5, 5.41) is 11.9. The quantitative estimate of drug-likeness (QED) is 0.751. The maximum atomic E-state index is 12.1. The summed E-state index contributed by atoms with van der Waals surface area (Å²) in [4.78, 5) is 36.4. The van der Waals surface area contributed by atoms with Crippen LogP contribution >= 0.6 is 0 Å². The van der Waals surface area contributed by atoms with Crippen LogP contribution in [-0.4, -0.2) is 46.9 Å². The average molecular weight is 298 g/mol. The average Bonchev–Trinajstić information content (AvgIpc) is 2.41. The van der Waals surface area contributed by atoms with Crippen molar-refractivity contribution in [3.8, 4) is 0 Å². The molecule has 1 heterocycles. The summed E-state index contributed by atoms with van der Waals surface area (Å²) in [7, 11) is 0. The summed E-state index contributed by atoms with van der Waals surface area (Å²) in [5.41, 5.74) is -0.439. The van der Waals surface area contributed by atoms with E-state index < -0.39 is 17.4 Å². The van der Waals surface area contributed by atoms with Crippen LogP contribution in [0.3, 0.4) is 0 Å². The minimum atomic E-state index is -0.927. The van der Waals surface area contributed by atoms with Crippen molar-refractivity contribution >= 4 is 17.8 Å². The number of carboxylic acids is 1. The van der Waals surface area contributed by atoms with Crippen molar-refractivity contribution in [3.05, 3.63) is 0 Å². The number of amides is 2. The van der Waals surface area contributed by atoms with E-state index in [-0.39, 0.29) is 18.2 Å². The molecule has 1 rings (SSSR count). The molecule has 1 atom stereocenters. The van der Waals surface area contributed by atoms with Gasteiger partial charge in [0, 0.05) is 24.9 Å². The summed E-state index contributed by atoms with van der Waals surface area (Å²) in [6, 6.07) is -0.685. The van der Waals surface area contributed by atoms with Gasteiger partial charge in [0.1, 0.15) is 6.04 Å². The number of likely N-dealkylation sites (tertiary alicyclic amines) is 1. The second-order valence-electron chi connectivity index (χ2n) is 6.55. The Morgan fingerprint density at radius 3 is 2.48 bits per heavy atom. The van der Waals surface area contributed by atoms with E-state index in [4.69, 9.17) is 5.11 Å². The third-order valence-corrected chi connectivity index (χ3v) is 3.64. The van der Waals surface area contributed by atoms with E-state index in [1.165, 1.54) is 4.90 Å². The van der Waals surface area contributed by atoms with Gasteiger partial charge in [0.25, 0.3) is 0 Å². The Labute approximate surface area is 125 Å². The fraction of sp³-hybridized carbons (Fsp3) is 0.800. The van der Waals surface area contributed by atoms with Crippen LogP contribution in [0.15, 0.2) is 0 Å². The molecule has 0 spiro atoms. The van der Waals surface area contributed by atoms with E-state index in [0.29, 0.717) is 25.9 Å². The number of hydrogen-bond acceptors (Lipinski definition) is 3. The van der Waals surface area contributed by atoms with Gasteiger partial charge < -0.3 is 15.3 Å². The molecule has 21 heavy (non-hydrogen) atoms. The zero-order valence-electron chi connectivity index (χ0n) is 13.1. The Balaban J connectivity index is 2.36. The first-order chi connectivity index (χ1) is 9.73. The molecule has 1 fully saturated rings. The third-order valence-electron chi connectivity index (χ3n) is 3.64. The standard InChI is InChI=1S/C15H26N2O4/c1-15(2,3)14(21)16-9-6-8-12(18)17-10-5-4-7-11(17)13(19)20/h11H,4-10H2,1-3H3,(H,16,21)(H,19,20). The minimum Gasteiger partial charge on any atom is -0.480 e. The molecule has 6 nitrogen and oxygen atoms in total. The van der Waals surface area contributed by atoms with Crippen molar-refractivity contribution in [2.24, 2.45) is 5.41 Å². The number of nitrogens with zero attached hydrogens (tertiary/aromatic N) is 1. The summed E-state index contributed by atoms with van der Waals surface area (Å²) in [6.07, 6.45) is 3.04. The predicted octanol–water partition coefficient (Wildman–Crippen LogP) is 1.39. The van der Waals surface area contributed by atoms with Crippen molar-refractivity contribution in [1.82, 2.24) is 10.2 Å². The Hall–Kier alpha value is -1.59. The summed E-state index contributed by atoms with van der Waals surface area (Å²) in [5.74, 6) is -1.10. The number of carboxylic acid groups (broad SMARTS) is 1. The number of nitrogens with one attached hydrogen (secondary N) is 1. The Kier molecular flexibility index (Phi) is 6.18. The molecule has 120 valence electrons. The number of hydrogen-bond donors (Lipinski definition) is 2. The summed E-state index contributed by atoms with van der Waals surface area (Å²) >= 11 is 0. The number of aliphatic carboxylic acids is 1. The normalized spacial score (nSPS) is 19.2. The van der Waals surface area contributed by atoms with E-state index in [1.807, 2.05) is 20.8 Å². The Morgan fingerprint density at radius 2 is 1.90 bits per heavy atom. The second kappa shape index (κ2) is 7.43. The molecule has 0 bridgehead atoms. The smallest absolute Gasteiger partial charge is 0.326 e. The van der Waals surface area contributed by atoms with E-state index in [9.17, 15) is 14.4 Å². The first-order valence-electron chi connectivity index (χ1n) is 7.54. The van der Waals surface area contributed by atoms with Crippen LogP contribution in [0.2, 0.25) is 0 Å². The fourth-order valence-corrected chi connectivity index (χ4v) is 2.34. The first kappa shape index (κ1) is 17.5. The van der Waals surface area contributed by atoms with Crippen molar-refractivity contribution in [2.45, 2.75) is 58.9 Å². The van der Waals surface area contributed by atoms with Crippen molar-refractivity contribution < 1.29 is 19.5 Å². The molecule has 0 aromatic rings. The Bertz CT molecular complexity index is 401. The minimum absolute atomic E-state index is 0.0451. The molecule has 0 aliphatic carbocycles. The largest absolute Gasteiger partial charge is 0.480 e. The molecule has 0 radical (unpaired) electrons. The van der Waals surface area contributed by atoms with Gasteiger partial charge in [-0.1, -0.05) is 20.8 Å². The molecule has 0 aromatic carbocycles. The number of carbonyl (C=O) groups is 3. The molecule has 1 aliphatic heterocycles. The molecule has 1 aliphatic rings. The van der Waals surface area contributed by atoms with Crippen molar-refractivity contribution in [3.63, 3.8) is 0 Å². The lowest BCUT2D eigenvalue weighted by molar-refractivity contribution is -0.152. The summed E-state index contributed by atoms with van der Waals surface area (Å²) in [6.45, 7) is 6.45. The van der Waals surface area contributed by atoms with E-state index in [2.05, 4.69) is 5.32 Å². The first-order valence-corrected chi connectivity index (χ1v) is 7.54. The highest BCUT2D eigenvalue weighted by Gasteiger charge is 2.31. The van der Waals surface area contributed by atoms with Gasteiger partial charge in [0.15, 0.2) is 0 Å². The molecule has 0 aromatic heterocycles. The molecule has 2 N–H and O–H groups in total. The summed E-state index contributed by atoms with van der Waals surface area (Å²) < 4.78 is 0. The van der Waals surface area contributed by atoms with Crippen LogP contribution in [-0.2, 0) is 14.4 Å². The van der Waals surface area contributed by atoms with Crippen LogP contribution in [0.4, 0.5) is 0 Å². The highest BCUT2D eigenvalue weighted by Crippen LogP contribution is 2.18. The van der Waals surface area contributed by atoms with E-state index in [0.717, 1.165) is 12.8 Å². The number of piperidine rings is 1. The second-order valence-corrected chi connectivity index (χ2v) is 6.55. The van der Waals surface area contributed by atoms with Gasteiger partial charge in [-0.2, -0.15) is 0 Å². The van der Waals surface area contributed by atoms with Crippen LogP contribution < -0.4 is 5.32 Å². The zero-order chi connectivity index (χ0) is 16.0. The highest BCUT2D eigenvalue weighted by atomic mass is 16.4. The monoisotopic (exact) mass is 298 g/mol. The van der Waals surface area contributed by atoms with Gasteiger partial charge in [0.05, 0.1) is 0 Å². The lowest BCUT2D eigenvalue weighted by atomic mass is 9.96. The van der Waals surface area contributed by atoms with Crippen LogP contribution in [0.1, 0.15) is 52.9 Å². The van der Waals surface area contributed by atoms with Gasteiger partial charge in [-0.05, 0) is 25.7 Å². The molecule has 0 saturated carbocycles. The van der Waals surface area contributed by atoms with Gasteiger partial charge >= 0.3 is 5.97 Å². The molecule has 1 unspecified atom stereocenters. The molecular formula is C15H26N2O4. The van der Waals surface area contributed by atoms with Gasteiger partial charge in [-0.25, -0.2) is 4.79 Å². The molecule has 6 heteroatoms. The van der Waals surface area contributed by atoms with Crippen LogP contribution in [0.5, 0.6) is 0 Å². The SMILES string of the molecule is CC(C)(C)C(=O)NCCCC(=O)N1CCCCC1C(=O)O. The number of rotatable bonds is 5. The highest BCUT2D eigenvalue weighted by molar-refractivity contribution is 5.84. The maximum absolute atomic E-state index is 12.1. The van der Waals surface area contributed by atoms with Crippen LogP contribution in [0, 0.1) is 5.41 Å². The Morgan fingerprint density at radius 1 is 1.24 bits per heavy atom. The number of carbonyl (C=O) groups excluding carboxylic acids is 2. The molecular weight excluding hydrogens is 272 g/mol. The maximum Gasteiger partial charge on any atom is 0.326 e. The van der Waals surface area contributed by atoms with Gasteiger partial charge in [-0.3, -0.25) is 9.59 Å². The molecule has 1 saturated heterocycles. The topological polar surface area (TPSA) is 86.7 Å².